The molecular weight excluding hydrogens is 415 g/mol. The highest BCUT2D eigenvalue weighted by Gasteiger charge is 2.28. The van der Waals surface area contributed by atoms with E-state index in [0.717, 1.165) is 34.4 Å². The van der Waals surface area contributed by atoms with E-state index in [1.165, 1.54) is 25.0 Å². The van der Waals surface area contributed by atoms with Gasteiger partial charge in [0.2, 0.25) is 0 Å². The van der Waals surface area contributed by atoms with E-state index in [-0.39, 0.29) is 11.3 Å². The number of carbonyl (C=O) groups is 1. The molecule has 9 nitrogen and oxygen atoms in total. The number of benzene rings is 1. The van der Waals surface area contributed by atoms with Crippen molar-refractivity contribution in [1.82, 2.24) is 24.6 Å². The average Bonchev–Trinajstić information content (AvgIpc) is 3.66. The van der Waals surface area contributed by atoms with Gasteiger partial charge in [-0.2, -0.15) is 5.10 Å². The molecule has 1 amide bonds. The van der Waals surface area contributed by atoms with Crippen LogP contribution in [0.25, 0.3) is 5.69 Å². The molecule has 1 aliphatic heterocycles. The fraction of sp³-hybridized carbons (Fsp3) is 0.318. The normalized spacial score (nSPS) is 16.3. The van der Waals surface area contributed by atoms with Crippen LogP contribution >= 0.6 is 0 Å². The third-order valence-electron chi connectivity index (χ3n) is 5.85. The summed E-state index contributed by atoms with van der Waals surface area (Å²) in [5, 5.41) is 8.63. The van der Waals surface area contributed by atoms with Crippen molar-refractivity contribution in [3.8, 4) is 5.69 Å². The number of amides is 1. The standard InChI is InChI=1S/C22H21FN6O3/c23-15-3-5-16(6-4-15)29-21(31)17(13-24-22(29)32)20(30)28-11-9-27(10-12-28)19-8-7-18(25-26-19)14-1-2-14/h3-8,13-14H,1-2,9-12H2,(H,24,32). The molecule has 0 unspecified atom stereocenters. The highest BCUT2D eigenvalue weighted by molar-refractivity contribution is 5.93. The van der Waals surface area contributed by atoms with Crippen LogP contribution in [-0.2, 0) is 0 Å². The fourth-order valence-electron chi connectivity index (χ4n) is 3.86. The maximum absolute atomic E-state index is 13.2. The zero-order chi connectivity index (χ0) is 22.2. The van der Waals surface area contributed by atoms with Gasteiger partial charge in [-0.3, -0.25) is 9.59 Å². The van der Waals surface area contributed by atoms with Crippen molar-refractivity contribution >= 4 is 11.7 Å². The first-order chi connectivity index (χ1) is 15.5. The Kier molecular flexibility index (Phi) is 5.04. The number of aromatic nitrogens is 4. The van der Waals surface area contributed by atoms with Crippen molar-refractivity contribution in [3.63, 3.8) is 0 Å². The number of halogens is 1. The van der Waals surface area contributed by atoms with E-state index in [0.29, 0.717) is 32.1 Å². The summed E-state index contributed by atoms with van der Waals surface area (Å²) in [5.41, 5.74) is -0.370. The van der Waals surface area contributed by atoms with Crippen molar-refractivity contribution in [3.05, 3.63) is 80.5 Å². The first-order valence-corrected chi connectivity index (χ1v) is 10.5. The number of carbonyl (C=O) groups excluding carboxylic acids is 1. The average molecular weight is 436 g/mol. The number of rotatable bonds is 4. The van der Waals surface area contributed by atoms with E-state index in [1.54, 1.807) is 4.90 Å². The van der Waals surface area contributed by atoms with E-state index in [4.69, 9.17) is 0 Å². The second-order valence-electron chi connectivity index (χ2n) is 7.99. The van der Waals surface area contributed by atoms with Crippen LogP contribution in [0.3, 0.4) is 0 Å². The Morgan fingerprint density at radius 1 is 0.969 bits per heavy atom. The quantitative estimate of drug-likeness (QED) is 0.661. The number of hydrogen-bond donors (Lipinski definition) is 1. The van der Waals surface area contributed by atoms with E-state index in [2.05, 4.69) is 20.1 Å². The van der Waals surface area contributed by atoms with Crippen LogP contribution in [-0.4, -0.2) is 56.7 Å². The molecule has 1 aliphatic carbocycles. The van der Waals surface area contributed by atoms with Crippen molar-refractivity contribution in [2.45, 2.75) is 18.8 Å². The van der Waals surface area contributed by atoms with Crippen LogP contribution in [0.1, 0.15) is 34.8 Å². The Morgan fingerprint density at radius 3 is 2.31 bits per heavy atom. The molecule has 2 aromatic heterocycles. The lowest BCUT2D eigenvalue weighted by Crippen LogP contribution is -2.50. The first-order valence-electron chi connectivity index (χ1n) is 10.5. The maximum Gasteiger partial charge on any atom is 0.333 e. The second-order valence-corrected chi connectivity index (χ2v) is 7.99. The van der Waals surface area contributed by atoms with E-state index < -0.39 is 23.0 Å². The van der Waals surface area contributed by atoms with Crippen LogP contribution in [0.15, 0.2) is 52.2 Å². The first kappa shape index (κ1) is 20.1. The lowest BCUT2D eigenvalue weighted by atomic mass is 10.2. The molecule has 164 valence electrons. The zero-order valence-corrected chi connectivity index (χ0v) is 17.2. The lowest BCUT2D eigenvalue weighted by molar-refractivity contribution is 0.0743. The molecule has 1 saturated carbocycles. The predicted octanol–water partition coefficient (Wildman–Crippen LogP) is 1.29. The van der Waals surface area contributed by atoms with E-state index >= 15 is 0 Å². The van der Waals surface area contributed by atoms with Gasteiger partial charge >= 0.3 is 5.69 Å². The Bertz CT molecular complexity index is 1260. The number of anilines is 1. The summed E-state index contributed by atoms with van der Waals surface area (Å²) in [6.45, 7) is 1.91. The van der Waals surface area contributed by atoms with Crippen LogP contribution in [0.5, 0.6) is 0 Å². The molecule has 2 fully saturated rings. The van der Waals surface area contributed by atoms with Gasteiger partial charge in [0.1, 0.15) is 11.4 Å². The third kappa shape index (κ3) is 3.79. The molecule has 0 radical (unpaired) electrons. The molecule has 2 aliphatic rings. The predicted molar refractivity (Wildman–Crippen MR) is 115 cm³/mol. The van der Waals surface area contributed by atoms with E-state index in [9.17, 15) is 18.8 Å². The zero-order valence-electron chi connectivity index (χ0n) is 17.2. The Balaban J connectivity index is 1.32. The van der Waals surface area contributed by atoms with Crippen molar-refractivity contribution in [1.29, 1.82) is 0 Å². The minimum absolute atomic E-state index is 0.143. The minimum Gasteiger partial charge on any atom is -0.352 e. The van der Waals surface area contributed by atoms with Crippen molar-refractivity contribution in [2.24, 2.45) is 0 Å². The summed E-state index contributed by atoms with van der Waals surface area (Å²) in [6, 6.07) is 8.89. The largest absolute Gasteiger partial charge is 0.352 e. The van der Waals surface area contributed by atoms with Crippen LogP contribution in [0.4, 0.5) is 10.2 Å². The molecule has 1 N–H and O–H groups in total. The van der Waals surface area contributed by atoms with Gasteiger partial charge in [-0.1, -0.05) is 0 Å². The molecule has 0 atom stereocenters. The number of nitrogens with zero attached hydrogens (tertiary/aromatic N) is 5. The van der Waals surface area contributed by atoms with Gasteiger partial charge in [0.25, 0.3) is 11.5 Å². The smallest absolute Gasteiger partial charge is 0.333 e. The summed E-state index contributed by atoms with van der Waals surface area (Å²) in [7, 11) is 0. The molecule has 0 bridgehead atoms. The topological polar surface area (TPSA) is 104 Å². The van der Waals surface area contributed by atoms with Crippen LogP contribution < -0.4 is 16.1 Å². The Morgan fingerprint density at radius 2 is 1.69 bits per heavy atom. The molecule has 3 heterocycles. The summed E-state index contributed by atoms with van der Waals surface area (Å²) in [5.74, 6) is 0.360. The molecule has 1 aromatic carbocycles. The summed E-state index contributed by atoms with van der Waals surface area (Å²) in [6.07, 6.45) is 3.48. The number of aromatic amines is 1. The van der Waals surface area contributed by atoms with Gasteiger partial charge in [0, 0.05) is 38.3 Å². The van der Waals surface area contributed by atoms with Crippen LogP contribution in [0, 0.1) is 5.82 Å². The number of nitrogens with one attached hydrogen (secondary N) is 1. The van der Waals surface area contributed by atoms with Gasteiger partial charge in [-0.25, -0.2) is 13.8 Å². The molecule has 5 rings (SSSR count). The molecule has 0 spiro atoms. The van der Waals surface area contributed by atoms with Crippen molar-refractivity contribution < 1.29 is 9.18 Å². The van der Waals surface area contributed by atoms with Gasteiger partial charge in [-0.15, -0.1) is 5.10 Å². The molecule has 3 aromatic rings. The summed E-state index contributed by atoms with van der Waals surface area (Å²) < 4.78 is 14.1. The van der Waals surface area contributed by atoms with Gasteiger partial charge in [-0.05, 0) is 49.2 Å². The van der Waals surface area contributed by atoms with Gasteiger partial charge in [0.15, 0.2) is 5.82 Å². The third-order valence-corrected chi connectivity index (χ3v) is 5.85. The highest BCUT2D eigenvalue weighted by Crippen LogP contribution is 2.38. The minimum atomic E-state index is -0.741. The number of piperazine rings is 1. The van der Waals surface area contributed by atoms with Gasteiger partial charge < -0.3 is 14.8 Å². The van der Waals surface area contributed by atoms with Crippen LogP contribution in [0.2, 0.25) is 0 Å². The summed E-state index contributed by atoms with van der Waals surface area (Å²) in [4.78, 5) is 44.2. The second kappa shape index (κ2) is 8.03. The van der Waals surface area contributed by atoms with E-state index in [1.807, 2.05) is 12.1 Å². The lowest BCUT2D eigenvalue weighted by Gasteiger charge is -2.35. The fourth-order valence-corrected chi connectivity index (χ4v) is 3.86. The Labute approximate surface area is 182 Å². The van der Waals surface area contributed by atoms with Crippen molar-refractivity contribution in [2.75, 3.05) is 31.1 Å². The number of H-pyrrole nitrogens is 1. The number of hydrogen-bond acceptors (Lipinski definition) is 6. The molecule has 1 saturated heterocycles. The SMILES string of the molecule is O=C(c1c[nH]c(=O)n(-c2ccc(F)cc2)c1=O)N1CCN(c2ccc(C3CC3)nn2)CC1. The molecule has 10 heteroatoms. The highest BCUT2D eigenvalue weighted by atomic mass is 19.1. The molecule has 32 heavy (non-hydrogen) atoms. The molecular formula is C22H21FN6O3. The maximum atomic E-state index is 13.2. The summed E-state index contributed by atoms with van der Waals surface area (Å²) >= 11 is 0. The Hall–Kier alpha value is -3.82. The van der Waals surface area contributed by atoms with Gasteiger partial charge in [0.05, 0.1) is 11.4 Å². The monoisotopic (exact) mass is 436 g/mol.